The van der Waals surface area contributed by atoms with Gasteiger partial charge in [0.2, 0.25) is 0 Å². The van der Waals surface area contributed by atoms with Crippen molar-refractivity contribution < 1.29 is 9.47 Å². The van der Waals surface area contributed by atoms with Gasteiger partial charge in [-0.25, -0.2) is 0 Å². The SMILES string of the molecule is COc1ccc(OC)c([C@@H](C)NCc2ccccc2)c1. The van der Waals surface area contributed by atoms with E-state index in [1.165, 1.54) is 5.56 Å². The second-order valence-corrected chi connectivity index (χ2v) is 4.70. The van der Waals surface area contributed by atoms with Crippen molar-refractivity contribution >= 4 is 0 Å². The molecule has 0 fully saturated rings. The Bertz CT molecular complexity index is 540. The van der Waals surface area contributed by atoms with E-state index in [0.29, 0.717) is 0 Å². The van der Waals surface area contributed by atoms with E-state index in [2.05, 4.69) is 24.4 Å². The molecular weight excluding hydrogens is 250 g/mol. The highest BCUT2D eigenvalue weighted by Crippen LogP contribution is 2.29. The molecule has 2 aromatic carbocycles. The van der Waals surface area contributed by atoms with Crippen LogP contribution in [0.15, 0.2) is 48.5 Å². The third-order valence-corrected chi connectivity index (χ3v) is 3.36. The highest BCUT2D eigenvalue weighted by Gasteiger charge is 2.12. The lowest BCUT2D eigenvalue weighted by Gasteiger charge is -2.18. The van der Waals surface area contributed by atoms with Gasteiger partial charge in [-0.1, -0.05) is 30.3 Å². The fourth-order valence-corrected chi connectivity index (χ4v) is 2.15. The number of benzene rings is 2. The van der Waals surface area contributed by atoms with E-state index in [9.17, 15) is 0 Å². The summed E-state index contributed by atoms with van der Waals surface area (Å²) in [6, 6.07) is 16.4. The molecule has 0 aliphatic carbocycles. The van der Waals surface area contributed by atoms with E-state index in [4.69, 9.17) is 9.47 Å². The van der Waals surface area contributed by atoms with E-state index in [1.807, 2.05) is 36.4 Å². The second-order valence-electron chi connectivity index (χ2n) is 4.70. The Kier molecular flexibility index (Phi) is 5.02. The minimum absolute atomic E-state index is 0.181. The molecular formula is C17H21NO2. The van der Waals surface area contributed by atoms with Crippen LogP contribution >= 0.6 is 0 Å². The van der Waals surface area contributed by atoms with E-state index in [1.54, 1.807) is 14.2 Å². The van der Waals surface area contributed by atoms with Crippen LogP contribution in [0.1, 0.15) is 24.1 Å². The highest BCUT2D eigenvalue weighted by atomic mass is 16.5. The molecule has 0 aliphatic heterocycles. The number of ether oxygens (including phenoxy) is 2. The van der Waals surface area contributed by atoms with Gasteiger partial charge in [-0.3, -0.25) is 0 Å². The van der Waals surface area contributed by atoms with Crippen molar-refractivity contribution in [3.63, 3.8) is 0 Å². The molecule has 0 saturated heterocycles. The average molecular weight is 271 g/mol. The number of hydrogen-bond acceptors (Lipinski definition) is 3. The summed E-state index contributed by atoms with van der Waals surface area (Å²) in [5.41, 5.74) is 2.36. The first-order valence-corrected chi connectivity index (χ1v) is 6.74. The van der Waals surface area contributed by atoms with Crippen LogP contribution in [-0.2, 0) is 6.54 Å². The summed E-state index contributed by atoms with van der Waals surface area (Å²) < 4.78 is 10.7. The molecule has 3 heteroatoms. The molecule has 0 bridgehead atoms. The van der Waals surface area contributed by atoms with Crippen LogP contribution < -0.4 is 14.8 Å². The van der Waals surface area contributed by atoms with Crippen LogP contribution in [-0.4, -0.2) is 14.2 Å². The molecule has 106 valence electrons. The summed E-state index contributed by atoms with van der Waals surface area (Å²) in [5.74, 6) is 1.72. The minimum Gasteiger partial charge on any atom is -0.497 e. The summed E-state index contributed by atoms with van der Waals surface area (Å²) in [6.07, 6.45) is 0. The Morgan fingerprint density at radius 3 is 2.40 bits per heavy atom. The Labute approximate surface area is 120 Å². The first-order chi connectivity index (χ1) is 9.74. The molecule has 20 heavy (non-hydrogen) atoms. The summed E-state index contributed by atoms with van der Waals surface area (Å²) in [6.45, 7) is 2.95. The van der Waals surface area contributed by atoms with Gasteiger partial charge in [-0.15, -0.1) is 0 Å². The normalized spacial score (nSPS) is 11.9. The lowest BCUT2D eigenvalue weighted by atomic mass is 10.1. The number of hydrogen-bond donors (Lipinski definition) is 1. The fourth-order valence-electron chi connectivity index (χ4n) is 2.15. The largest absolute Gasteiger partial charge is 0.497 e. The van der Waals surface area contributed by atoms with Gasteiger partial charge in [0.25, 0.3) is 0 Å². The molecule has 0 radical (unpaired) electrons. The number of rotatable bonds is 6. The van der Waals surface area contributed by atoms with Crippen molar-refractivity contribution in [2.24, 2.45) is 0 Å². The van der Waals surface area contributed by atoms with Crippen LogP contribution in [0.25, 0.3) is 0 Å². The molecule has 0 unspecified atom stereocenters. The predicted molar refractivity (Wildman–Crippen MR) is 81.2 cm³/mol. The summed E-state index contributed by atoms with van der Waals surface area (Å²) in [5, 5.41) is 3.51. The zero-order chi connectivity index (χ0) is 14.4. The topological polar surface area (TPSA) is 30.5 Å². The van der Waals surface area contributed by atoms with Crippen molar-refractivity contribution in [2.75, 3.05) is 14.2 Å². The maximum absolute atomic E-state index is 5.42. The van der Waals surface area contributed by atoms with Gasteiger partial charge in [0.1, 0.15) is 11.5 Å². The summed E-state index contributed by atoms with van der Waals surface area (Å²) in [4.78, 5) is 0. The molecule has 1 atom stereocenters. The standard InChI is InChI=1S/C17H21NO2/c1-13(18-12-14-7-5-4-6-8-14)16-11-15(19-2)9-10-17(16)20-3/h4-11,13,18H,12H2,1-3H3/t13-/m1/s1. The molecule has 1 N–H and O–H groups in total. The van der Waals surface area contributed by atoms with Gasteiger partial charge in [0, 0.05) is 18.2 Å². The van der Waals surface area contributed by atoms with Crippen molar-refractivity contribution in [1.29, 1.82) is 0 Å². The third kappa shape index (κ3) is 3.52. The smallest absolute Gasteiger partial charge is 0.123 e. The lowest BCUT2D eigenvalue weighted by molar-refractivity contribution is 0.391. The van der Waals surface area contributed by atoms with Crippen molar-refractivity contribution in [3.8, 4) is 11.5 Å². The quantitative estimate of drug-likeness (QED) is 0.871. The van der Waals surface area contributed by atoms with Crippen molar-refractivity contribution in [2.45, 2.75) is 19.5 Å². The molecule has 2 aromatic rings. The first kappa shape index (κ1) is 14.4. The van der Waals surface area contributed by atoms with Crippen LogP contribution in [0.3, 0.4) is 0 Å². The Hall–Kier alpha value is -2.00. The number of methoxy groups -OCH3 is 2. The molecule has 0 heterocycles. The van der Waals surface area contributed by atoms with Crippen LogP contribution in [0.5, 0.6) is 11.5 Å². The fraction of sp³-hybridized carbons (Fsp3) is 0.294. The van der Waals surface area contributed by atoms with E-state index in [-0.39, 0.29) is 6.04 Å². The van der Waals surface area contributed by atoms with E-state index < -0.39 is 0 Å². The van der Waals surface area contributed by atoms with Gasteiger partial charge in [-0.2, -0.15) is 0 Å². The van der Waals surface area contributed by atoms with Crippen molar-refractivity contribution in [1.82, 2.24) is 5.32 Å². The molecule has 0 aliphatic rings. The molecule has 0 spiro atoms. The lowest BCUT2D eigenvalue weighted by Crippen LogP contribution is -2.18. The maximum atomic E-state index is 5.42. The van der Waals surface area contributed by atoms with Crippen molar-refractivity contribution in [3.05, 3.63) is 59.7 Å². The maximum Gasteiger partial charge on any atom is 0.123 e. The van der Waals surface area contributed by atoms with Gasteiger partial charge in [0.05, 0.1) is 14.2 Å². The Balaban J connectivity index is 2.09. The van der Waals surface area contributed by atoms with E-state index in [0.717, 1.165) is 23.6 Å². The van der Waals surface area contributed by atoms with Gasteiger partial charge in [-0.05, 0) is 30.7 Å². The van der Waals surface area contributed by atoms with Gasteiger partial charge in [0.15, 0.2) is 0 Å². The molecule has 0 saturated carbocycles. The Morgan fingerprint density at radius 1 is 1.00 bits per heavy atom. The van der Waals surface area contributed by atoms with Crippen LogP contribution in [0, 0.1) is 0 Å². The predicted octanol–water partition coefficient (Wildman–Crippen LogP) is 3.55. The van der Waals surface area contributed by atoms with Gasteiger partial charge < -0.3 is 14.8 Å². The minimum atomic E-state index is 0.181. The molecule has 0 aromatic heterocycles. The Morgan fingerprint density at radius 2 is 1.75 bits per heavy atom. The van der Waals surface area contributed by atoms with E-state index >= 15 is 0 Å². The first-order valence-electron chi connectivity index (χ1n) is 6.74. The third-order valence-electron chi connectivity index (χ3n) is 3.36. The monoisotopic (exact) mass is 271 g/mol. The highest BCUT2D eigenvalue weighted by molar-refractivity contribution is 5.42. The zero-order valence-electron chi connectivity index (χ0n) is 12.2. The zero-order valence-corrected chi connectivity index (χ0v) is 12.2. The van der Waals surface area contributed by atoms with Crippen LogP contribution in [0.4, 0.5) is 0 Å². The molecule has 3 nitrogen and oxygen atoms in total. The summed E-state index contributed by atoms with van der Waals surface area (Å²) in [7, 11) is 3.36. The average Bonchev–Trinajstić information content (AvgIpc) is 2.52. The summed E-state index contributed by atoms with van der Waals surface area (Å²) >= 11 is 0. The number of nitrogens with one attached hydrogen (secondary N) is 1. The molecule has 2 rings (SSSR count). The molecule has 0 amide bonds. The second kappa shape index (κ2) is 6.96. The van der Waals surface area contributed by atoms with Crippen LogP contribution in [0.2, 0.25) is 0 Å². The van der Waals surface area contributed by atoms with Gasteiger partial charge >= 0.3 is 0 Å².